The lowest BCUT2D eigenvalue weighted by molar-refractivity contribution is 0.786. The van der Waals surface area contributed by atoms with Crippen LogP contribution in [0.25, 0.3) is 0 Å². The first kappa shape index (κ1) is 16.0. The molecule has 1 unspecified atom stereocenters. The summed E-state index contributed by atoms with van der Waals surface area (Å²) in [5.41, 5.74) is 3.19. The minimum atomic E-state index is 0.337. The molecule has 7 heteroatoms. The quantitative estimate of drug-likeness (QED) is 0.682. The summed E-state index contributed by atoms with van der Waals surface area (Å²) in [6, 6.07) is 2.24. The van der Waals surface area contributed by atoms with Crippen LogP contribution < -0.4 is 10.2 Å². The molecule has 23 heavy (non-hydrogen) atoms. The molecule has 1 saturated heterocycles. The third-order valence-electron chi connectivity index (χ3n) is 4.14. The summed E-state index contributed by atoms with van der Waals surface area (Å²) in [7, 11) is 0. The van der Waals surface area contributed by atoms with Crippen molar-refractivity contribution in [1.82, 2.24) is 19.9 Å². The Bertz CT molecular complexity index is 705. The van der Waals surface area contributed by atoms with E-state index >= 15 is 0 Å². The largest absolute Gasteiger partial charge is 0.354 e. The van der Waals surface area contributed by atoms with Gasteiger partial charge in [0.1, 0.15) is 5.82 Å². The maximum Gasteiger partial charge on any atom is 0.223 e. The number of aromatic nitrogens is 4. The molecule has 0 saturated carbocycles. The fraction of sp³-hybridized carbons (Fsp3) is 0.500. The van der Waals surface area contributed by atoms with E-state index < -0.39 is 0 Å². The number of nitrogens with zero attached hydrogens (tertiary/aromatic N) is 5. The summed E-state index contributed by atoms with van der Waals surface area (Å²) < 4.78 is 0. The van der Waals surface area contributed by atoms with Crippen LogP contribution in [0.15, 0.2) is 17.4 Å². The Labute approximate surface area is 141 Å². The number of thioether (sulfide) groups is 1. The molecule has 3 heterocycles. The number of anilines is 2. The van der Waals surface area contributed by atoms with Crippen molar-refractivity contribution >= 4 is 23.5 Å². The van der Waals surface area contributed by atoms with Crippen molar-refractivity contribution in [1.29, 1.82) is 0 Å². The minimum absolute atomic E-state index is 0.337. The number of hydrogen-bond donors (Lipinski definition) is 1. The van der Waals surface area contributed by atoms with E-state index in [0.29, 0.717) is 12.0 Å². The Balaban J connectivity index is 1.74. The first-order valence-corrected chi connectivity index (χ1v) is 8.99. The highest BCUT2D eigenvalue weighted by atomic mass is 32.2. The average Bonchev–Trinajstić information content (AvgIpc) is 2.98. The molecule has 0 aliphatic carbocycles. The summed E-state index contributed by atoms with van der Waals surface area (Å²) in [6.07, 6.45) is 4.85. The molecule has 0 aromatic carbocycles. The van der Waals surface area contributed by atoms with Gasteiger partial charge in [-0.3, -0.25) is 0 Å². The van der Waals surface area contributed by atoms with Gasteiger partial charge < -0.3 is 10.2 Å². The molecule has 0 bridgehead atoms. The molecule has 2 aromatic heterocycles. The Kier molecular flexibility index (Phi) is 4.66. The third-order valence-corrected chi connectivity index (χ3v) is 4.69. The van der Waals surface area contributed by atoms with E-state index in [1.165, 1.54) is 0 Å². The summed E-state index contributed by atoms with van der Waals surface area (Å²) >= 11 is 1.59. The van der Waals surface area contributed by atoms with Crippen LogP contribution in [-0.2, 0) is 0 Å². The monoisotopic (exact) mass is 330 g/mol. The van der Waals surface area contributed by atoms with Crippen LogP contribution in [0, 0.1) is 20.8 Å². The summed E-state index contributed by atoms with van der Waals surface area (Å²) in [5, 5.41) is 4.27. The molecule has 1 aliphatic rings. The Morgan fingerprint density at radius 1 is 1.22 bits per heavy atom. The summed E-state index contributed by atoms with van der Waals surface area (Å²) in [6.45, 7) is 8.01. The molecule has 0 radical (unpaired) electrons. The third kappa shape index (κ3) is 3.55. The van der Waals surface area contributed by atoms with Crippen LogP contribution in [-0.4, -0.2) is 45.3 Å². The van der Waals surface area contributed by atoms with Gasteiger partial charge in [-0.1, -0.05) is 11.8 Å². The van der Waals surface area contributed by atoms with Crippen LogP contribution in [0.3, 0.4) is 0 Å². The molecule has 0 spiro atoms. The van der Waals surface area contributed by atoms with E-state index in [-0.39, 0.29) is 0 Å². The molecule has 6 nitrogen and oxygen atoms in total. The normalized spacial score (nSPS) is 17.6. The number of rotatable bonds is 4. The van der Waals surface area contributed by atoms with E-state index in [1.807, 2.05) is 26.2 Å². The lowest BCUT2D eigenvalue weighted by Gasteiger charge is -2.21. The predicted molar refractivity (Wildman–Crippen MR) is 94.3 cm³/mol. The molecule has 122 valence electrons. The van der Waals surface area contributed by atoms with E-state index in [4.69, 9.17) is 4.98 Å². The van der Waals surface area contributed by atoms with E-state index in [1.54, 1.807) is 18.0 Å². The van der Waals surface area contributed by atoms with Gasteiger partial charge in [0.25, 0.3) is 0 Å². The zero-order chi connectivity index (χ0) is 16.4. The predicted octanol–water partition coefficient (Wildman–Crippen LogP) is 2.60. The Morgan fingerprint density at radius 2 is 2.04 bits per heavy atom. The standard InChI is InChI=1S/C16H22N6S/c1-10-5-7-17-15(18-10)20-13-6-8-22(9-13)14-11(2)12(3)19-16(21-14)23-4/h5,7,13H,6,8-9H2,1-4H3,(H,17,18,20). The van der Waals surface area contributed by atoms with Crippen LogP contribution in [0.4, 0.5) is 11.8 Å². The fourth-order valence-corrected chi connectivity index (χ4v) is 3.17. The van der Waals surface area contributed by atoms with Crippen molar-refractivity contribution in [2.24, 2.45) is 0 Å². The smallest absolute Gasteiger partial charge is 0.223 e. The summed E-state index contributed by atoms with van der Waals surface area (Å²) in [5.74, 6) is 1.76. The SMILES string of the molecule is CSc1nc(C)c(C)c(N2CCC(Nc3nccc(C)n3)C2)n1. The molecule has 0 amide bonds. The first-order chi connectivity index (χ1) is 11.1. The molecule has 1 fully saturated rings. The van der Waals surface area contributed by atoms with Gasteiger partial charge in [0.2, 0.25) is 5.95 Å². The van der Waals surface area contributed by atoms with Gasteiger partial charge in [-0.15, -0.1) is 0 Å². The van der Waals surface area contributed by atoms with Crippen LogP contribution in [0.1, 0.15) is 23.4 Å². The second kappa shape index (κ2) is 6.70. The zero-order valence-corrected chi connectivity index (χ0v) is 14.8. The Morgan fingerprint density at radius 3 is 2.78 bits per heavy atom. The van der Waals surface area contributed by atoms with Gasteiger partial charge in [-0.05, 0) is 39.5 Å². The van der Waals surface area contributed by atoms with Crippen molar-refractivity contribution in [3.8, 4) is 0 Å². The maximum atomic E-state index is 4.71. The number of hydrogen-bond acceptors (Lipinski definition) is 7. The lowest BCUT2D eigenvalue weighted by Crippen LogP contribution is -2.28. The van der Waals surface area contributed by atoms with Crippen LogP contribution >= 0.6 is 11.8 Å². The Hall–Kier alpha value is -1.89. The van der Waals surface area contributed by atoms with Gasteiger partial charge in [0.05, 0.1) is 0 Å². The van der Waals surface area contributed by atoms with E-state index in [9.17, 15) is 0 Å². The minimum Gasteiger partial charge on any atom is -0.354 e. The van der Waals surface area contributed by atoms with Gasteiger partial charge in [0.15, 0.2) is 5.16 Å². The van der Waals surface area contributed by atoms with Crippen molar-refractivity contribution in [2.45, 2.75) is 38.4 Å². The topological polar surface area (TPSA) is 66.8 Å². The van der Waals surface area contributed by atoms with E-state index in [0.717, 1.165) is 47.4 Å². The van der Waals surface area contributed by atoms with Crippen LogP contribution in [0.2, 0.25) is 0 Å². The number of nitrogens with one attached hydrogen (secondary N) is 1. The van der Waals surface area contributed by atoms with Gasteiger partial charge in [0, 0.05) is 42.3 Å². The van der Waals surface area contributed by atoms with Crippen molar-refractivity contribution in [3.63, 3.8) is 0 Å². The lowest BCUT2D eigenvalue weighted by atomic mass is 10.2. The van der Waals surface area contributed by atoms with Crippen molar-refractivity contribution in [3.05, 3.63) is 29.2 Å². The highest BCUT2D eigenvalue weighted by Gasteiger charge is 2.26. The first-order valence-electron chi connectivity index (χ1n) is 7.77. The fourth-order valence-electron chi connectivity index (χ4n) is 2.76. The maximum absolute atomic E-state index is 4.71. The molecular weight excluding hydrogens is 308 g/mol. The highest BCUT2D eigenvalue weighted by molar-refractivity contribution is 7.98. The van der Waals surface area contributed by atoms with E-state index in [2.05, 4.69) is 32.1 Å². The van der Waals surface area contributed by atoms with Crippen molar-refractivity contribution in [2.75, 3.05) is 29.6 Å². The average molecular weight is 330 g/mol. The van der Waals surface area contributed by atoms with Crippen LogP contribution in [0.5, 0.6) is 0 Å². The molecule has 1 N–H and O–H groups in total. The zero-order valence-electron chi connectivity index (χ0n) is 14.0. The van der Waals surface area contributed by atoms with Crippen molar-refractivity contribution < 1.29 is 0 Å². The molecule has 1 aliphatic heterocycles. The van der Waals surface area contributed by atoms with Gasteiger partial charge in [-0.25, -0.2) is 19.9 Å². The summed E-state index contributed by atoms with van der Waals surface area (Å²) in [4.78, 5) is 20.3. The number of aryl methyl sites for hydroxylation is 2. The second-order valence-electron chi connectivity index (χ2n) is 5.84. The molecule has 2 aromatic rings. The second-order valence-corrected chi connectivity index (χ2v) is 6.62. The molecule has 1 atom stereocenters. The molecular formula is C16H22N6S. The highest BCUT2D eigenvalue weighted by Crippen LogP contribution is 2.26. The van der Waals surface area contributed by atoms with Gasteiger partial charge >= 0.3 is 0 Å². The molecule has 3 rings (SSSR count). The van der Waals surface area contributed by atoms with Gasteiger partial charge in [-0.2, -0.15) is 0 Å².